The first-order chi connectivity index (χ1) is 9.83. The molecular weight excluding hydrogens is 246 g/mol. The van der Waals surface area contributed by atoms with Crippen LogP contribution in [0.15, 0.2) is 30.5 Å². The van der Waals surface area contributed by atoms with E-state index in [1.54, 1.807) is 6.07 Å². The highest BCUT2D eigenvalue weighted by atomic mass is 16.3. The number of H-pyrrole nitrogens is 1. The molecule has 0 unspecified atom stereocenters. The predicted molar refractivity (Wildman–Crippen MR) is 83.9 cm³/mol. The van der Waals surface area contributed by atoms with Gasteiger partial charge in [0.2, 0.25) is 0 Å². The first kappa shape index (κ1) is 14.8. The van der Waals surface area contributed by atoms with Gasteiger partial charge in [0.05, 0.1) is 5.39 Å². The Bertz CT molecular complexity index is 536. The fourth-order valence-corrected chi connectivity index (χ4v) is 2.76. The number of fused-ring (bicyclic) bond motifs is 1. The SMILES string of the molecule is CCCCCCCCCc1ccc(O)c2[nH+]cccc12. The monoisotopic (exact) mass is 272 g/mol. The maximum Gasteiger partial charge on any atom is 0.253 e. The summed E-state index contributed by atoms with van der Waals surface area (Å²) in [6.45, 7) is 2.26. The maximum absolute atomic E-state index is 9.86. The molecule has 0 atom stereocenters. The van der Waals surface area contributed by atoms with Crippen LogP contribution in [0, 0.1) is 0 Å². The molecule has 2 heteroatoms. The number of nitrogens with one attached hydrogen (secondary N) is 1. The quantitative estimate of drug-likeness (QED) is 0.697. The van der Waals surface area contributed by atoms with Crippen molar-refractivity contribution < 1.29 is 10.1 Å². The lowest BCUT2D eigenvalue weighted by molar-refractivity contribution is -0.345. The number of phenolic OH excluding ortho intramolecular Hbond substituents is 1. The van der Waals surface area contributed by atoms with Gasteiger partial charge in [0, 0.05) is 6.07 Å². The average molecular weight is 272 g/mol. The number of hydrogen-bond donors (Lipinski definition) is 1. The first-order valence-corrected chi connectivity index (χ1v) is 7.94. The third-order valence-electron chi connectivity index (χ3n) is 3.95. The van der Waals surface area contributed by atoms with Gasteiger partial charge >= 0.3 is 0 Å². The zero-order valence-corrected chi connectivity index (χ0v) is 12.5. The summed E-state index contributed by atoms with van der Waals surface area (Å²) in [6, 6.07) is 7.94. The van der Waals surface area contributed by atoms with Crippen LogP contribution in [0.5, 0.6) is 5.75 Å². The van der Waals surface area contributed by atoms with Crippen molar-refractivity contribution in [3.05, 3.63) is 36.0 Å². The van der Waals surface area contributed by atoms with Gasteiger partial charge in [-0.2, -0.15) is 0 Å². The van der Waals surface area contributed by atoms with E-state index in [9.17, 15) is 5.11 Å². The number of rotatable bonds is 8. The molecule has 0 aliphatic heterocycles. The molecule has 0 saturated heterocycles. The Kier molecular flexibility index (Phi) is 5.85. The van der Waals surface area contributed by atoms with Gasteiger partial charge in [0.25, 0.3) is 5.52 Å². The first-order valence-electron chi connectivity index (χ1n) is 7.94. The van der Waals surface area contributed by atoms with Crippen LogP contribution in [0.3, 0.4) is 0 Å². The van der Waals surface area contributed by atoms with E-state index in [1.165, 1.54) is 50.5 Å². The summed E-state index contributed by atoms with van der Waals surface area (Å²) in [5.41, 5.74) is 2.19. The Morgan fingerprint density at radius 1 is 0.950 bits per heavy atom. The van der Waals surface area contributed by atoms with Crippen LogP contribution in [0.1, 0.15) is 57.4 Å². The minimum absolute atomic E-state index is 0.337. The van der Waals surface area contributed by atoms with Gasteiger partial charge in [-0.25, -0.2) is 4.98 Å². The van der Waals surface area contributed by atoms with E-state index in [0.717, 1.165) is 17.3 Å². The molecule has 2 nitrogen and oxygen atoms in total. The zero-order valence-electron chi connectivity index (χ0n) is 12.5. The minimum Gasteiger partial charge on any atom is -0.502 e. The lowest BCUT2D eigenvalue weighted by Gasteiger charge is -2.05. The minimum atomic E-state index is 0.337. The van der Waals surface area contributed by atoms with Crippen LogP contribution in [0.2, 0.25) is 0 Å². The number of aryl methyl sites for hydroxylation is 1. The topological polar surface area (TPSA) is 34.4 Å². The summed E-state index contributed by atoms with van der Waals surface area (Å²) in [7, 11) is 0. The Hall–Kier alpha value is -1.57. The molecule has 0 amide bonds. The fraction of sp³-hybridized carbons (Fsp3) is 0.500. The number of aromatic nitrogens is 1. The van der Waals surface area contributed by atoms with Gasteiger partial charge in [0.1, 0.15) is 0 Å². The Morgan fingerprint density at radius 2 is 1.70 bits per heavy atom. The number of benzene rings is 1. The van der Waals surface area contributed by atoms with Gasteiger partial charge in [-0.15, -0.1) is 0 Å². The second-order valence-electron chi connectivity index (χ2n) is 5.57. The normalized spacial score (nSPS) is 11.1. The van der Waals surface area contributed by atoms with Crippen LogP contribution < -0.4 is 4.98 Å². The van der Waals surface area contributed by atoms with Crippen molar-refractivity contribution in [3.63, 3.8) is 0 Å². The molecule has 0 fully saturated rings. The van der Waals surface area contributed by atoms with Crippen molar-refractivity contribution in [3.8, 4) is 5.75 Å². The number of pyridine rings is 1. The highest BCUT2D eigenvalue weighted by Crippen LogP contribution is 2.25. The molecule has 2 aromatic rings. The molecule has 0 aliphatic rings. The smallest absolute Gasteiger partial charge is 0.253 e. The van der Waals surface area contributed by atoms with Gasteiger partial charge in [0.15, 0.2) is 11.9 Å². The van der Waals surface area contributed by atoms with Crippen LogP contribution in [0.25, 0.3) is 10.9 Å². The third kappa shape index (κ3) is 3.96. The molecule has 0 spiro atoms. The van der Waals surface area contributed by atoms with E-state index >= 15 is 0 Å². The number of aromatic amines is 1. The van der Waals surface area contributed by atoms with Crippen LogP contribution >= 0.6 is 0 Å². The highest BCUT2D eigenvalue weighted by molar-refractivity contribution is 5.84. The molecule has 1 heterocycles. The molecule has 0 radical (unpaired) electrons. The van der Waals surface area contributed by atoms with Crippen molar-refractivity contribution in [2.24, 2.45) is 0 Å². The molecular formula is C18H26NO+. The Labute approximate surface area is 121 Å². The van der Waals surface area contributed by atoms with E-state index < -0.39 is 0 Å². The zero-order chi connectivity index (χ0) is 14.2. The van der Waals surface area contributed by atoms with Gasteiger partial charge < -0.3 is 5.11 Å². The Morgan fingerprint density at radius 3 is 2.50 bits per heavy atom. The summed E-state index contributed by atoms with van der Waals surface area (Å²) in [4.78, 5) is 3.13. The van der Waals surface area contributed by atoms with Crippen molar-refractivity contribution >= 4 is 10.9 Å². The third-order valence-corrected chi connectivity index (χ3v) is 3.95. The van der Waals surface area contributed by atoms with Crippen molar-refractivity contribution in [2.45, 2.75) is 58.3 Å². The van der Waals surface area contributed by atoms with Crippen LogP contribution in [-0.2, 0) is 6.42 Å². The van der Waals surface area contributed by atoms with Crippen molar-refractivity contribution in [1.82, 2.24) is 0 Å². The van der Waals surface area contributed by atoms with Crippen LogP contribution in [0.4, 0.5) is 0 Å². The lowest BCUT2D eigenvalue weighted by Crippen LogP contribution is -2.03. The molecule has 1 aromatic carbocycles. The standard InChI is InChI=1S/C18H25NO/c1-2-3-4-5-6-7-8-10-15-12-13-17(20)18-16(15)11-9-14-19-18/h9,11-14,20H,2-8,10H2,1H3/p+1. The van der Waals surface area contributed by atoms with E-state index in [-0.39, 0.29) is 0 Å². The molecule has 2 N–H and O–H groups in total. The lowest BCUT2D eigenvalue weighted by atomic mass is 10.0. The largest absolute Gasteiger partial charge is 0.502 e. The summed E-state index contributed by atoms with van der Waals surface area (Å²) in [6.07, 6.45) is 12.3. The highest BCUT2D eigenvalue weighted by Gasteiger charge is 2.09. The van der Waals surface area contributed by atoms with Crippen molar-refractivity contribution in [2.75, 3.05) is 0 Å². The fourth-order valence-electron chi connectivity index (χ4n) is 2.76. The molecule has 0 bridgehead atoms. The second kappa shape index (κ2) is 7.88. The maximum atomic E-state index is 9.86. The molecule has 0 aliphatic carbocycles. The van der Waals surface area contributed by atoms with E-state index in [2.05, 4.69) is 24.0 Å². The summed E-state index contributed by atoms with van der Waals surface area (Å²) in [5.74, 6) is 0.337. The molecule has 2 rings (SSSR count). The molecule has 108 valence electrons. The van der Waals surface area contributed by atoms with Gasteiger partial charge in [-0.05, 0) is 30.5 Å². The average Bonchev–Trinajstić information content (AvgIpc) is 2.49. The predicted octanol–water partition coefficient (Wildman–Crippen LogP) is 4.65. The summed E-state index contributed by atoms with van der Waals surface area (Å²) < 4.78 is 0. The number of phenols is 1. The van der Waals surface area contributed by atoms with E-state index in [4.69, 9.17) is 0 Å². The Balaban J connectivity index is 1.86. The molecule has 0 saturated carbocycles. The number of hydrogen-bond acceptors (Lipinski definition) is 1. The van der Waals surface area contributed by atoms with Gasteiger partial charge in [-0.1, -0.05) is 51.5 Å². The number of aromatic hydroxyl groups is 1. The van der Waals surface area contributed by atoms with E-state index in [0.29, 0.717) is 5.75 Å². The van der Waals surface area contributed by atoms with Gasteiger partial charge in [-0.3, -0.25) is 0 Å². The molecule has 20 heavy (non-hydrogen) atoms. The van der Waals surface area contributed by atoms with Crippen LogP contribution in [-0.4, -0.2) is 5.11 Å². The number of unbranched alkanes of at least 4 members (excludes halogenated alkanes) is 6. The molecule has 1 aromatic heterocycles. The second-order valence-corrected chi connectivity index (χ2v) is 5.57. The summed E-state index contributed by atoms with van der Waals surface area (Å²) in [5, 5.41) is 11.0. The van der Waals surface area contributed by atoms with Crippen molar-refractivity contribution in [1.29, 1.82) is 0 Å². The summed E-state index contributed by atoms with van der Waals surface area (Å²) >= 11 is 0. The van der Waals surface area contributed by atoms with E-state index in [1.807, 2.05) is 12.3 Å².